The van der Waals surface area contributed by atoms with Gasteiger partial charge in [-0.1, -0.05) is 40.2 Å². The Morgan fingerprint density at radius 1 is 0.360 bits per heavy atom. The number of aryl methyl sites for hydroxylation is 11. The van der Waals surface area contributed by atoms with Gasteiger partial charge in [0.25, 0.3) is 0 Å². The number of ether oxygens (including phenoxy) is 2. The van der Waals surface area contributed by atoms with E-state index in [9.17, 15) is 28.8 Å². The second-order valence-corrected chi connectivity index (χ2v) is 38.5. The van der Waals surface area contributed by atoms with Crippen LogP contribution in [0.2, 0.25) is 0 Å². The van der Waals surface area contributed by atoms with Crippen molar-refractivity contribution in [2.75, 3.05) is 26.2 Å². The first-order valence-electron chi connectivity index (χ1n) is 45.7. The number of hydrogen-bond acceptors (Lipinski definition) is 17. The molecule has 720 valence electrons. The van der Waals surface area contributed by atoms with Crippen LogP contribution in [0.3, 0.4) is 0 Å². The first kappa shape index (κ1) is 97.4. The van der Waals surface area contributed by atoms with Crippen molar-refractivity contribution in [1.29, 1.82) is 0 Å². The number of nitrogens with one attached hydrogen (secondary N) is 4. The van der Waals surface area contributed by atoms with Crippen molar-refractivity contribution < 1.29 is 19.1 Å². The lowest BCUT2D eigenvalue weighted by Gasteiger charge is -2.29. The first-order valence-corrected chi connectivity index (χ1v) is 46.5. The summed E-state index contributed by atoms with van der Waals surface area (Å²) >= 11 is 3.40. The lowest BCUT2D eigenvalue weighted by atomic mass is 10.1. The molecular formula is C102H113BrCl2N26O8. The number of amides is 2. The van der Waals surface area contributed by atoms with E-state index < -0.39 is 11.2 Å². The number of aromatic nitrogens is 22. The van der Waals surface area contributed by atoms with Gasteiger partial charge in [-0.3, -0.25) is 41.4 Å². The molecule has 0 fully saturated rings. The minimum absolute atomic E-state index is 0. The maximum absolute atomic E-state index is 14.0. The Kier molecular flexibility index (Phi) is 27.7. The topological polar surface area (TPSA) is 337 Å². The van der Waals surface area contributed by atoms with Crippen LogP contribution in [0.25, 0.3) is 90.1 Å². The lowest BCUT2D eigenvalue weighted by Crippen LogP contribution is -2.40. The molecule has 0 spiro atoms. The second kappa shape index (κ2) is 39.4. The van der Waals surface area contributed by atoms with Gasteiger partial charge in [0, 0.05) is 179 Å². The summed E-state index contributed by atoms with van der Waals surface area (Å²) in [5, 5.41) is 42.2. The minimum Gasteiger partial charge on any atom is -0.444 e. The highest BCUT2D eigenvalue weighted by Gasteiger charge is 2.36. The van der Waals surface area contributed by atoms with E-state index in [4.69, 9.17) is 29.9 Å². The molecule has 0 radical (unpaired) electrons. The van der Waals surface area contributed by atoms with Crippen molar-refractivity contribution in [3.05, 3.63) is 332 Å². The van der Waals surface area contributed by atoms with Gasteiger partial charge in [0.15, 0.2) is 0 Å². The van der Waals surface area contributed by atoms with Crippen molar-refractivity contribution >= 4 is 85.6 Å². The molecule has 18 aromatic rings. The molecule has 34 nitrogen and oxygen atoms in total. The molecule has 0 saturated carbocycles. The van der Waals surface area contributed by atoms with E-state index in [2.05, 4.69) is 146 Å². The number of H-pyrrole nitrogens is 2. The predicted octanol–water partition coefficient (Wildman–Crippen LogP) is 15.6. The summed E-state index contributed by atoms with van der Waals surface area (Å²) in [6.45, 7) is 32.4. The second-order valence-electron chi connectivity index (χ2n) is 37.6. The molecule has 4 N–H and O–H groups in total. The number of aromatic amines is 2. The van der Waals surface area contributed by atoms with Gasteiger partial charge in [-0.2, -0.15) is 35.7 Å². The Bertz CT molecular complexity index is 7880. The zero-order valence-corrected chi connectivity index (χ0v) is 84.0. The van der Waals surface area contributed by atoms with Crippen LogP contribution in [0.5, 0.6) is 0 Å². The van der Waals surface area contributed by atoms with Crippen LogP contribution in [-0.4, -0.2) is 165 Å². The number of carbonyl (C=O) groups is 2. The Morgan fingerprint density at radius 3 is 0.993 bits per heavy atom. The Balaban J connectivity index is 0.000000130. The molecule has 22 rings (SSSR count). The van der Waals surface area contributed by atoms with Crippen LogP contribution in [0.1, 0.15) is 131 Å². The van der Waals surface area contributed by atoms with E-state index in [1.54, 1.807) is 89.9 Å². The molecule has 2 amide bonds. The standard InChI is InChI=1S/C30H33N7O3.C25H25N7O.C22H27N5O3.C17H19N5O.C8H7BrN2.2ClH/c1-19-13-20(2)15-23(14-19)37-27(24-18-34(10-9-25(24)32-37)29(39)40-30(3,4)5)36-12-11-35(28(36)38)22-7-8-26-21(16-22)17-31-33(26)6;1-16-10-17(2)12-20(11-16)32-24(21-15-26-7-6-22(21)28-32)31-9-8-30(25(31)33)19-4-5-23-18(13-19)14-27-29(23)3;1-14-10-15(2)12-16(11-14)27-19(26-9-7-23-20(26)28)17-13-25(8-6-18(17)24-27)21(29)30-22(3,4)5;1-11-7-12(2)9-13(8-11)22-16(21-6-5-19-17(21)23)14-10-18-4-3-15(14)20-22;1-11-8-3-2-7(9)4-6(8)5-10-11;;/h7-8,11-17H,9-10,18H2,1-6H3;4-5,8-14,26H,6-7,15H2,1-3H3;7,9-12H,6,8,13H2,1-5H3,(H,23,28);5-9,18H,3-4,10H2,1-2H3,(H,19,23);2-5H,1H3;2*1H. The lowest BCUT2D eigenvalue weighted by molar-refractivity contribution is 0.0213. The maximum Gasteiger partial charge on any atom is 0.410 e. The summed E-state index contributed by atoms with van der Waals surface area (Å²) in [4.78, 5) is 86.7. The van der Waals surface area contributed by atoms with E-state index in [0.717, 1.165) is 188 Å². The highest BCUT2D eigenvalue weighted by Crippen LogP contribution is 2.35. The Labute approximate surface area is 822 Å². The molecular weight excluding hydrogens is 1870 g/mol. The third kappa shape index (κ3) is 20.3. The number of carbonyl (C=O) groups excluding carboxylic acids is 2. The molecule has 139 heavy (non-hydrogen) atoms. The zero-order chi connectivity index (χ0) is 96.5. The number of hydrogen-bond donors (Lipinski definition) is 4. The molecule has 4 aliphatic heterocycles. The molecule has 0 atom stereocenters. The molecule has 0 bridgehead atoms. The fourth-order valence-corrected chi connectivity index (χ4v) is 18.8. The zero-order valence-electron chi connectivity index (χ0n) is 80.8. The molecule has 11 aromatic heterocycles. The molecule has 7 aromatic carbocycles. The minimum atomic E-state index is -0.604. The van der Waals surface area contributed by atoms with Crippen molar-refractivity contribution in [3.63, 3.8) is 0 Å². The van der Waals surface area contributed by atoms with Gasteiger partial charge in [0.1, 0.15) is 34.5 Å². The van der Waals surface area contributed by atoms with Crippen LogP contribution in [0, 0.1) is 55.4 Å². The fourth-order valence-electron chi connectivity index (χ4n) is 18.4. The molecule has 0 unspecified atom stereocenters. The highest BCUT2D eigenvalue weighted by molar-refractivity contribution is 9.10. The van der Waals surface area contributed by atoms with E-state index in [1.807, 2.05) is 199 Å². The SMILES string of the molecule is Cc1cc(C)cc(-n2nc3c(c2-n2cc[nH]c2=O)CN(C(=O)OC(C)(C)C)CC3)c1.Cc1cc(C)cc(-n2nc3c(c2-n2cc[nH]c2=O)CNCC3)c1.Cc1cc(C)cc(-n2nc3c(c2-n2ccn(-c4ccc5c(cnn5C)c4)c2=O)CN(C(=O)OC(C)(C)C)CC3)c1.Cc1cc(C)cc(-n2nc3c(c2-n2ccn(-c4ccc5c(cnn5C)c4)c2=O)CNCC3)c1.Cl.Cl.Cn1ncc2cc(Br)ccc21. The third-order valence-electron chi connectivity index (χ3n) is 24.4. The number of halogens is 3. The molecule has 4 aliphatic rings. The number of rotatable bonds is 10. The predicted molar refractivity (Wildman–Crippen MR) is 545 cm³/mol. The number of benzene rings is 7. The fraction of sp³-hybridized carbons (Fsp3) is 0.304. The molecule has 0 aliphatic carbocycles. The first-order chi connectivity index (χ1) is 65.5. The van der Waals surface area contributed by atoms with E-state index in [1.165, 1.54) is 16.5 Å². The normalized spacial score (nSPS) is 13.3. The van der Waals surface area contributed by atoms with Crippen molar-refractivity contribution in [1.82, 2.24) is 126 Å². The van der Waals surface area contributed by atoms with Gasteiger partial charge in [-0.25, -0.2) is 47.5 Å². The quantitative estimate of drug-likeness (QED) is 0.0988. The van der Waals surface area contributed by atoms with Crippen LogP contribution in [0.4, 0.5) is 9.59 Å². The smallest absolute Gasteiger partial charge is 0.410 e. The third-order valence-corrected chi connectivity index (χ3v) is 24.9. The average Bonchev–Trinajstić information content (AvgIpc) is 1.59. The largest absolute Gasteiger partial charge is 0.444 e. The van der Waals surface area contributed by atoms with Gasteiger partial charge < -0.3 is 39.9 Å². The van der Waals surface area contributed by atoms with Gasteiger partial charge in [-0.05, 0) is 245 Å². The molecule has 0 saturated heterocycles. The van der Waals surface area contributed by atoms with Gasteiger partial charge in [0.05, 0.1) is 105 Å². The van der Waals surface area contributed by atoms with E-state index in [0.29, 0.717) is 57.2 Å². The summed E-state index contributed by atoms with van der Waals surface area (Å²) < 4.78 is 35.1. The average molecular weight is 1980 g/mol. The van der Waals surface area contributed by atoms with Gasteiger partial charge in [-0.15, -0.1) is 24.8 Å². The van der Waals surface area contributed by atoms with E-state index >= 15 is 0 Å². The van der Waals surface area contributed by atoms with Crippen molar-refractivity contribution in [3.8, 4) is 57.4 Å². The van der Waals surface area contributed by atoms with E-state index in [-0.39, 0.29) is 59.8 Å². The van der Waals surface area contributed by atoms with Gasteiger partial charge >= 0.3 is 34.9 Å². The maximum atomic E-state index is 14.0. The van der Waals surface area contributed by atoms with Crippen LogP contribution >= 0.6 is 40.7 Å². The monoisotopic (exact) mass is 1980 g/mol. The Morgan fingerprint density at radius 2 is 0.662 bits per heavy atom. The van der Waals surface area contributed by atoms with Crippen LogP contribution in [-0.2, 0) is 82.5 Å². The summed E-state index contributed by atoms with van der Waals surface area (Å²) in [5.74, 6) is 2.89. The summed E-state index contributed by atoms with van der Waals surface area (Å²) in [7, 11) is 5.74. The number of fused-ring (bicyclic) bond motifs is 7. The van der Waals surface area contributed by atoms with Crippen LogP contribution < -0.4 is 33.4 Å². The summed E-state index contributed by atoms with van der Waals surface area (Å²) in [6.07, 6.45) is 21.5. The van der Waals surface area contributed by atoms with Crippen LogP contribution in [0.15, 0.2) is 219 Å². The Hall–Kier alpha value is -14.7. The molecule has 37 heteroatoms. The molecule has 15 heterocycles. The van der Waals surface area contributed by atoms with Gasteiger partial charge in [0.2, 0.25) is 0 Å². The van der Waals surface area contributed by atoms with Crippen molar-refractivity contribution in [2.45, 2.75) is 160 Å². The number of imidazole rings is 4. The highest BCUT2D eigenvalue weighted by atomic mass is 79.9. The number of nitrogens with zero attached hydrogens (tertiary/aromatic N) is 22. The summed E-state index contributed by atoms with van der Waals surface area (Å²) in [6, 6.07) is 43.0. The van der Waals surface area contributed by atoms with Crippen molar-refractivity contribution in [2.24, 2.45) is 21.1 Å². The summed E-state index contributed by atoms with van der Waals surface area (Å²) in [5.41, 5.74) is 23.3.